The van der Waals surface area contributed by atoms with Gasteiger partial charge in [-0.2, -0.15) is 0 Å². The van der Waals surface area contributed by atoms with Gasteiger partial charge in [0.15, 0.2) is 0 Å². The van der Waals surface area contributed by atoms with Crippen molar-refractivity contribution in [2.24, 2.45) is 0 Å². The number of likely N-dealkylation sites (tertiary alicyclic amines) is 1. The van der Waals surface area contributed by atoms with E-state index in [-0.39, 0.29) is 30.7 Å². The summed E-state index contributed by atoms with van der Waals surface area (Å²) in [5.74, 6) is -0.567. The number of hydrogen-bond acceptors (Lipinski definition) is 2. The van der Waals surface area contributed by atoms with Gasteiger partial charge in [0, 0.05) is 25.1 Å². The molecule has 1 aromatic carbocycles. The third kappa shape index (κ3) is 3.77. The standard InChI is InChI=1S/C14H17FN2O2/c15-12-6-2-1-5-11(12)9-16-13(18)10-17-8-4-3-7-14(17)19/h1-2,5-6H,3-4,7-10H2,(H,16,18). The Bertz CT molecular complexity index is 476. The van der Waals surface area contributed by atoms with Gasteiger partial charge in [-0.05, 0) is 18.9 Å². The zero-order chi connectivity index (χ0) is 13.7. The van der Waals surface area contributed by atoms with Crippen molar-refractivity contribution in [3.05, 3.63) is 35.6 Å². The molecule has 1 heterocycles. The monoisotopic (exact) mass is 264 g/mol. The van der Waals surface area contributed by atoms with E-state index in [2.05, 4.69) is 5.32 Å². The summed E-state index contributed by atoms with van der Waals surface area (Å²) in [5, 5.41) is 2.63. The summed E-state index contributed by atoms with van der Waals surface area (Å²) in [6.45, 7) is 0.840. The summed E-state index contributed by atoms with van der Waals surface area (Å²) in [7, 11) is 0. The molecule has 2 rings (SSSR count). The molecule has 0 bridgehead atoms. The fraction of sp³-hybridized carbons (Fsp3) is 0.429. The number of nitrogens with one attached hydrogen (secondary N) is 1. The average Bonchev–Trinajstić information content (AvgIpc) is 2.40. The SMILES string of the molecule is O=C(CN1CCCCC1=O)NCc1ccccc1F. The molecular weight excluding hydrogens is 247 g/mol. The van der Waals surface area contributed by atoms with E-state index in [0.717, 1.165) is 12.8 Å². The molecule has 19 heavy (non-hydrogen) atoms. The highest BCUT2D eigenvalue weighted by Crippen LogP contribution is 2.10. The van der Waals surface area contributed by atoms with E-state index in [0.29, 0.717) is 18.5 Å². The van der Waals surface area contributed by atoms with Crippen molar-refractivity contribution >= 4 is 11.8 Å². The van der Waals surface area contributed by atoms with Gasteiger partial charge in [0.2, 0.25) is 11.8 Å². The Kier molecular flexibility index (Phi) is 4.49. The van der Waals surface area contributed by atoms with Crippen molar-refractivity contribution in [2.45, 2.75) is 25.8 Å². The van der Waals surface area contributed by atoms with Gasteiger partial charge in [0.05, 0.1) is 6.54 Å². The summed E-state index contributed by atoms with van der Waals surface area (Å²) in [6.07, 6.45) is 2.35. The molecule has 0 radical (unpaired) electrons. The van der Waals surface area contributed by atoms with Crippen LogP contribution >= 0.6 is 0 Å². The lowest BCUT2D eigenvalue weighted by molar-refractivity contribution is -0.137. The molecule has 0 unspecified atom stereocenters. The molecule has 1 aromatic rings. The summed E-state index contributed by atoms with van der Waals surface area (Å²) in [6, 6.07) is 6.31. The Morgan fingerprint density at radius 1 is 1.32 bits per heavy atom. The average molecular weight is 264 g/mol. The van der Waals surface area contributed by atoms with E-state index >= 15 is 0 Å². The van der Waals surface area contributed by atoms with E-state index in [1.165, 1.54) is 6.07 Å². The lowest BCUT2D eigenvalue weighted by Gasteiger charge is -2.25. The zero-order valence-corrected chi connectivity index (χ0v) is 10.7. The van der Waals surface area contributed by atoms with Gasteiger partial charge in [-0.3, -0.25) is 9.59 Å². The predicted octanol–water partition coefficient (Wildman–Crippen LogP) is 1.45. The third-order valence-electron chi connectivity index (χ3n) is 3.19. The second-order valence-corrected chi connectivity index (χ2v) is 4.64. The van der Waals surface area contributed by atoms with Gasteiger partial charge in [-0.15, -0.1) is 0 Å². The van der Waals surface area contributed by atoms with Crippen LogP contribution in [0.25, 0.3) is 0 Å². The highest BCUT2D eigenvalue weighted by atomic mass is 19.1. The number of halogens is 1. The number of carbonyl (C=O) groups is 2. The molecule has 4 nitrogen and oxygen atoms in total. The third-order valence-corrected chi connectivity index (χ3v) is 3.19. The molecule has 1 N–H and O–H groups in total. The fourth-order valence-electron chi connectivity index (χ4n) is 2.09. The lowest BCUT2D eigenvalue weighted by Crippen LogP contribution is -2.42. The first kappa shape index (κ1) is 13.5. The normalized spacial score (nSPS) is 15.4. The number of rotatable bonds is 4. The van der Waals surface area contributed by atoms with Crippen LogP contribution in [0.5, 0.6) is 0 Å². The van der Waals surface area contributed by atoms with Crippen LogP contribution in [-0.4, -0.2) is 29.8 Å². The maximum Gasteiger partial charge on any atom is 0.239 e. The second-order valence-electron chi connectivity index (χ2n) is 4.64. The molecule has 5 heteroatoms. The minimum atomic E-state index is -0.336. The van der Waals surface area contributed by atoms with Gasteiger partial charge < -0.3 is 10.2 Å². The zero-order valence-electron chi connectivity index (χ0n) is 10.7. The van der Waals surface area contributed by atoms with Crippen LogP contribution in [0.2, 0.25) is 0 Å². The summed E-state index contributed by atoms with van der Waals surface area (Å²) in [5.41, 5.74) is 0.445. The fourth-order valence-corrected chi connectivity index (χ4v) is 2.09. The predicted molar refractivity (Wildman–Crippen MR) is 68.7 cm³/mol. The van der Waals surface area contributed by atoms with Crippen LogP contribution in [0, 0.1) is 5.82 Å². The van der Waals surface area contributed by atoms with Gasteiger partial charge >= 0.3 is 0 Å². The highest BCUT2D eigenvalue weighted by Gasteiger charge is 2.20. The number of nitrogens with zero attached hydrogens (tertiary/aromatic N) is 1. The van der Waals surface area contributed by atoms with Crippen molar-refractivity contribution in [3.63, 3.8) is 0 Å². The molecule has 2 amide bonds. The minimum absolute atomic E-state index is 0.0206. The Morgan fingerprint density at radius 3 is 2.84 bits per heavy atom. The molecule has 0 aliphatic carbocycles. The highest BCUT2D eigenvalue weighted by molar-refractivity contribution is 5.85. The minimum Gasteiger partial charge on any atom is -0.350 e. The first-order valence-corrected chi connectivity index (χ1v) is 6.44. The van der Waals surface area contributed by atoms with Crippen LogP contribution in [0.1, 0.15) is 24.8 Å². The Morgan fingerprint density at radius 2 is 2.11 bits per heavy atom. The topological polar surface area (TPSA) is 49.4 Å². The molecule has 0 spiro atoms. The van der Waals surface area contributed by atoms with Crippen LogP contribution in [0.4, 0.5) is 4.39 Å². The first-order chi connectivity index (χ1) is 9.16. The van der Waals surface area contributed by atoms with Crippen LogP contribution < -0.4 is 5.32 Å². The summed E-state index contributed by atoms with van der Waals surface area (Å²) >= 11 is 0. The van der Waals surface area contributed by atoms with Gasteiger partial charge in [0.1, 0.15) is 5.82 Å². The molecule has 0 saturated carbocycles. The lowest BCUT2D eigenvalue weighted by atomic mass is 10.1. The molecule has 102 valence electrons. The molecule has 0 aromatic heterocycles. The molecule has 1 aliphatic heterocycles. The smallest absolute Gasteiger partial charge is 0.239 e. The Hall–Kier alpha value is -1.91. The largest absolute Gasteiger partial charge is 0.350 e. The number of benzene rings is 1. The van der Waals surface area contributed by atoms with E-state index in [1.807, 2.05) is 0 Å². The molecule has 0 atom stereocenters. The van der Waals surface area contributed by atoms with Gasteiger partial charge in [0.25, 0.3) is 0 Å². The molecular formula is C14H17FN2O2. The number of hydrogen-bond donors (Lipinski definition) is 1. The quantitative estimate of drug-likeness (QED) is 0.895. The van der Waals surface area contributed by atoms with Gasteiger partial charge in [-0.25, -0.2) is 4.39 Å². The first-order valence-electron chi connectivity index (χ1n) is 6.44. The van der Waals surface area contributed by atoms with Crippen molar-refractivity contribution < 1.29 is 14.0 Å². The van der Waals surface area contributed by atoms with Gasteiger partial charge in [-0.1, -0.05) is 18.2 Å². The van der Waals surface area contributed by atoms with E-state index in [4.69, 9.17) is 0 Å². The van der Waals surface area contributed by atoms with Crippen LogP contribution in [-0.2, 0) is 16.1 Å². The summed E-state index contributed by atoms with van der Waals surface area (Å²) in [4.78, 5) is 24.8. The molecule has 1 fully saturated rings. The summed E-state index contributed by atoms with van der Waals surface area (Å²) < 4.78 is 13.3. The van der Waals surface area contributed by atoms with Crippen molar-refractivity contribution in [1.29, 1.82) is 0 Å². The number of carbonyl (C=O) groups excluding carboxylic acids is 2. The number of piperidine rings is 1. The second kappa shape index (κ2) is 6.31. The van der Waals surface area contributed by atoms with E-state index < -0.39 is 0 Å². The van der Waals surface area contributed by atoms with E-state index in [9.17, 15) is 14.0 Å². The molecule has 1 saturated heterocycles. The Labute approximate surface area is 111 Å². The van der Waals surface area contributed by atoms with Crippen LogP contribution in [0.15, 0.2) is 24.3 Å². The van der Waals surface area contributed by atoms with Crippen LogP contribution in [0.3, 0.4) is 0 Å². The van der Waals surface area contributed by atoms with Crippen molar-refractivity contribution in [2.75, 3.05) is 13.1 Å². The van der Waals surface area contributed by atoms with E-state index in [1.54, 1.807) is 23.1 Å². The maximum atomic E-state index is 13.3. The van der Waals surface area contributed by atoms with Crippen molar-refractivity contribution in [3.8, 4) is 0 Å². The molecule has 1 aliphatic rings. The maximum absolute atomic E-state index is 13.3. The number of amides is 2. The van der Waals surface area contributed by atoms with Crippen molar-refractivity contribution in [1.82, 2.24) is 10.2 Å². The Balaban J connectivity index is 1.81.